The summed E-state index contributed by atoms with van der Waals surface area (Å²) < 4.78 is 0. The van der Waals surface area contributed by atoms with E-state index < -0.39 is 5.91 Å². The van der Waals surface area contributed by atoms with Gasteiger partial charge in [0.25, 0.3) is 5.91 Å². The topological polar surface area (TPSA) is 66.5 Å². The Kier molecular flexibility index (Phi) is 5.01. The molecule has 1 heterocycles. The molecule has 0 spiro atoms. The molecular weight excluding hydrogens is 388 g/mol. The third kappa shape index (κ3) is 3.36. The fourth-order valence-corrected chi connectivity index (χ4v) is 4.34. The molecule has 2 aliphatic rings. The van der Waals surface area contributed by atoms with Crippen molar-refractivity contribution < 1.29 is 14.4 Å². The number of para-hydroxylation sites is 1. The van der Waals surface area contributed by atoms with Crippen LogP contribution in [0.5, 0.6) is 0 Å². The van der Waals surface area contributed by atoms with Gasteiger partial charge in [-0.05, 0) is 49.1 Å². The van der Waals surface area contributed by atoms with Crippen LogP contribution in [0.25, 0.3) is 0 Å². The molecule has 1 aliphatic carbocycles. The van der Waals surface area contributed by atoms with Crippen LogP contribution in [0.15, 0.2) is 54.6 Å². The van der Waals surface area contributed by atoms with Crippen LogP contribution in [0.1, 0.15) is 29.3 Å². The number of allylic oxidation sites excluding steroid dienone is 2. The molecule has 148 valence electrons. The van der Waals surface area contributed by atoms with Gasteiger partial charge in [-0.1, -0.05) is 48.9 Å². The summed E-state index contributed by atoms with van der Waals surface area (Å²) in [5, 5.41) is 3.36. The fourth-order valence-electron chi connectivity index (χ4n) is 4.16. The third-order valence-corrected chi connectivity index (χ3v) is 5.95. The lowest BCUT2D eigenvalue weighted by Gasteiger charge is -2.22. The molecule has 3 atom stereocenters. The molecule has 1 saturated heterocycles. The number of fused-ring (bicyclic) bond motifs is 1. The smallest absolute Gasteiger partial charge is 0.257 e. The third-order valence-electron chi connectivity index (χ3n) is 5.71. The van der Waals surface area contributed by atoms with Crippen molar-refractivity contribution in [2.24, 2.45) is 17.8 Å². The summed E-state index contributed by atoms with van der Waals surface area (Å²) in [7, 11) is 0. The van der Waals surface area contributed by atoms with Gasteiger partial charge in [-0.3, -0.25) is 14.4 Å². The highest BCUT2D eigenvalue weighted by Crippen LogP contribution is 2.41. The number of carbonyl (C=O) groups is 3. The van der Waals surface area contributed by atoms with Crippen LogP contribution < -0.4 is 10.2 Å². The number of rotatable bonds is 3. The number of benzene rings is 2. The lowest BCUT2D eigenvalue weighted by atomic mass is 9.78. The van der Waals surface area contributed by atoms with E-state index in [1.165, 1.54) is 4.90 Å². The summed E-state index contributed by atoms with van der Waals surface area (Å²) in [6.07, 6.45) is 4.49. The summed E-state index contributed by atoms with van der Waals surface area (Å²) in [5.74, 6) is -1.63. The van der Waals surface area contributed by atoms with Gasteiger partial charge in [-0.2, -0.15) is 0 Å². The van der Waals surface area contributed by atoms with Crippen molar-refractivity contribution in [3.63, 3.8) is 0 Å². The largest absolute Gasteiger partial charge is 0.322 e. The zero-order valence-electron chi connectivity index (χ0n) is 16.2. The molecule has 2 aromatic carbocycles. The van der Waals surface area contributed by atoms with E-state index in [0.717, 1.165) is 5.56 Å². The van der Waals surface area contributed by atoms with Crippen molar-refractivity contribution in [2.45, 2.75) is 20.3 Å². The van der Waals surface area contributed by atoms with Gasteiger partial charge in [0.2, 0.25) is 11.8 Å². The van der Waals surface area contributed by atoms with E-state index in [4.69, 9.17) is 11.6 Å². The zero-order chi connectivity index (χ0) is 20.7. The minimum atomic E-state index is -0.396. The SMILES string of the molecule is Cc1ccc(Cl)cc1NC(=O)c1ccccc1N1C(=O)[C@@H]2[C@H](CC=C[C@@H]2C)C1=O. The highest BCUT2D eigenvalue weighted by Gasteiger charge is 2.51. The molecule has 0 radical (unpaired) electrons. The van der Waals surface area contributed by atoms with Gasteiger partial charge in [0.15, 0.2) is 0 Å². The Balaban J connectivity index is 1.69. The molecular formula is C23H21ClN2O3. The quantitative estimate of drug-likeness (QED) is 0.596. The van der Waals surface area contributed by atoms with Gasteiger partial charge in [0, 0.05) is 10.7 Å². The average Bonchev–Trinajstić information content (AvgIpc) is 2.96. The normalized spacial score (nSPS) is 23.3. The number of carbonyl (C=O) groups excluding carboxylic acids is 3. The van der Waals surface area contributed by atoms with E-state index >= 15 is 0 Å². The molecule has 4 rings (SSSR count). The first-order chi connectivity index (χ1) is 13.9. The maximum atomic E-state index is 13.1. The lowest BCUT2D eigenvalue weighted by Crippen LogP contribution is -2.33. The second-order valence-electron chi connectivity index (χ2n) is 7.60. The average molecular weight is 409 g/mol. The van der Waals surface area contributed by atoms with E-state index in [2.05, 4.69) is 5.32 Å². The lowest BCUT2D eigenvalue weighted by molar-refractivity contribution is -0.122. The van der Waals surface area contributed by atoms with Crippen LogP contribution >= 0.6 is 11.6 Å². The van der Waals surface area contributed by atoms with E-state index in [1.54, 1.807) is 36.4 Å². The number of hydrogen-bond acceptors (Lipinski definition) is 3. The summed E-state index contributed by atoms with van der Waals surface area (Å²) in [6, 6.07) is 11.9. The summed E-state index contributed by atoms with van der Waals surface area (Å²) in [6.45, 7) is 3.81. The van der Waals surface area contributed by atoms with Gasteiger partial charge < -0.3 is 5.32 Å². The molecule has 1 fully saturated rings. The van der Waals surface area contributed by atoms with E-state index in [9.17, 15) is 14.4 Å². The highest BCUT2D eigenvalue weighted by molar-refractivity contribution is 6.31. The molecule has 1 N–H and O–H groups in total. The molecule has 2 aromatic rings. The van der Waals surface area contributed by atoms with Crippen LogP contribution in [-0.4, -0.2) is 17.7 Å². The zero-order valence-corrected chi connectivity index (χ0v) is 16.9. The number of hydrogen-bond donors (Lipinski definition) is 1. The van der Waals surface area contributed by atoms with Crippen LogP contribution in [0.4, 0.5) is 11.4 Å². The first-order valence-corrected chi connectivity index (χ1v) is 9.97. The molecule has 5 nitrogen and oxygen atoms in total. The predicted molar refractivity (Wildman–Crippen MR) is 113 cm³/mol. The van der Waals surface area contributed by atoms with Crippen molar-refractivity contribution in [2.75, 3.05) is 10.2 Å². The number of imide groups is 1. The van der Waals surface area contributed by atoms with Gasteiger partial charge in [-0.25, -0.2) is 4.90 Å². The van der Waals surface area contributed by atoms with Crippen LogP contribution in [0.3, 0.4) is 0 Å². The van der Waals surface area contributed by atoms with E-state index in [1.807, 2.05) is 32.1 Å². The number of anilines is 2. The monoisotopic (exact) mass is 408 g/mol. The molecule has 6 heteroatoms. The number of nitrogens with one attached hydrogen (secondary N) is 1. The van der Waals surface area contributed by atoms with Crippen LogP contribution in [0, 0.1) is 24.7 Å². The number of aryl methyl sites for hydroxylation is 1. The highest BCUT2D eigenvalue weighted by atomic mass is 35.5. The Morgan fingerprint density at radius 3 is 2.66 bits per heavy atom. The van der Waals surface area contributed by atoms with Crippen molar-refractivity contribution >= 4 is 40.7 Å². The Hall–Kier alpha value is -2.92. The maximum Gasteiger partial charge on any atom is 0.257 e. The van der Waals surface area contributed by atoms with Gasteiger partial charge in [-0.15, -0.1) is 0 Å². The number of amides is 3. The molecule has 3 amide bonds. The fraction of sp³-hybridized carbons (Fsp3) is 0.261. The van der Waals surface area contributed by atoms with Gasteiger partial charge >= 0.3 is 0 Å². The van der Waals surface area contributed by atoms with Gasteiger partial charge in [0.05, 0.1) is 23.1 Å². The number of halogens is 1. The Morgan fingerprint density at radius 1 is 1.14 bits per heavy atom. The first kappa shape index (κ1) is 19.4. The van der Waals surface area contributed by atoms with E-state index in [0.29, 0.717) is 22.8 Å². The Morgan fingerprint density at radius 2 is 1.90 bits per heavy atom. The van der Waals surface area contributed by atoms with Crippen molar-refractivity contribution in [1.29, 1.82) is 0 Å². The maximum absolute atomic E-state index is 13.1. The molecule has 0 aromatic heterocycles. The molecule has 1 aliphatic heterocycles. The minimum absolute atomic E-state index is 0.00898. The molecule has 0 saturated carbocycles. The van der Waals surface area contributed by atoms with Crippen LogP contribution in [0.2, 0.25) is 5.02 Å². The number of nitrogens with zero attached hydrogens (tertiary/aromatic N) is 1. The van der Waals surface area contributed by atoms with Crippen molar-refractivity contribution in [3.05, 3.63) is 70.8 Å². The summed E-state index contributed by atoms with van der Waals surface area (Å²) in [4.78, 5) is 40.4. The second-order valence-corrected chi connectivity index (χ2v) is 8.03. The van der Waals surface area contributed by atoms with Crippen molar-refractivity contribution in [3.8, 4) is 0 Å². The van der Waals surface area contributed by atoms with Crippen LogP contribution in [-0.2, 0) is 9.59 Å². The molecule has 0 bridgehead atoms. The van der Waals surface area contributed by atoms with Crippen molar-refractivity contribution in [1.82, 2.24) is 0 Å². The summed E-state index contributed by atoms with van der Waals surface area (Å²) >= 11 is 6.05. The predicted octanol–water partition coefficient (Wildman–Crippen LogP) is 4.60. The standard InChI is InChI=1S/C23H21ClN2O3/c1-13-10-11-15(24)12-18(13)25-21(27)16-7-3-4-9-19(16)26-22(28)17-8-5-6-14(2)20(17)23(26)29/h3-7,9-12,14,17,20H,8H2,1-2H3,(H,25,27)/t14-,17-,20-/m0/s1. The first-order valence-electron chi connectivity index (χ1n) is 9.59. The molecule has 0 unspecified atom stereocenters. The van der Waals surface area contributed by atoms with E-state index in [-0.39, 0.29) is 35.1 Å². The Labute approximate surface area is 174 Å². The summed E-state index contributed by atoms with van der Waals surface area (Å²) in [5.41, 5.74) is 2.04. The van der Waals surface area contributed by atoms with Gasteiger partial charge in [0.1, 0.15) is 0 Å². The second kappa shape index (κ2) is 7.48. The molecule has 29 heavy (non-hydrogen) atoms. The Bertz CT molecular complexity index is 1050. The minimum Gasteiger partial charge on any atom is -0.322 e.